The lowest BCUT2D eigenvalue weighted by Crippen LogP contribution is -2.36. The second-order valence-corrected chi connectivity index (χ2v) is 8.36. The third-order valence-electron chi connectivity index (χ3n) is 4.97. The fourth-order valence-corrected chi connectivity index (χ4v) is 3.42. The van der Waals surface area contributed by atoms with Gasteiger partial charge in [-0.3, -0.25) is 4.79 Å². The molecule has 0 bridgehead atoms. The molecule has 0 atom stereocenters. The Kier molecular flexibility index (Phi) is 8.94. The minimum absolute atomic E-state index is 0.0473. The van der Waals surface area contributed by atoms with Crippen LogP contribution < -0.4 is 0 Å². The van der Waals surface area contributed by atoms with Crippen LogP contribution in [-0.4, -0.2) is 23.8 Å². The van der Waals surface area contributed by atoms with Gasteiger partial charge in [0.15, 0.2) is 5.78 Å². The van der Waals surface area contributed by atoms with E-state index in [-0.39, 0.29) is 5.41 Å². The lowest BCUT2D eigenvalue weighted by Gasteiger charge is -2.37. The van der Waals surface area contributed by atoms with Crippen LogP contribution in [0.15, 0.2) is 11.8 Å². The van der Waals surface area contributed by atoms with Crippen LogP contribution in [0.1, 0.15) is 92.4 Å². The Morgan fingerprint density at radius 1 is 1.13 bits per heavy atom. The number of hydrogen-bond donors (Lipinski definition) is 0. The topological polar surface area (TPSA) is 20.3 Å². The Morgan fingerprint density at radius 2 is 1.74 bits per heavy atom. The molecular formula is C21H39NO. The molecule has 0 spiro atoms. The first-order valence-corrected chi connectivity index (χ1v) is 9.86. The summed E-state index contributed by atoms with van der Waals surface area (Å²) >= 11 is 0. The highest BCUT2D eigenvalue weighted by Crippen LogP contribution is 2.36. The molecule has 2 nitrogen and oxygen atoms in total. The Morgan fingerprint density at radius 3 is 2.35 bits per heavy atom. The number of allylic oxidation sites excluding steroid dienone is 1. The number of carbonyl (C=O) groups is 1. The standard InChI is InChI=1S/C21H39NO/c1-6-7-8-9-10-11-12-13-20(23)19-17-22(16-18(2)3)15-14-21(19,4)5/h17-18H,6-16H2,1-5H3. The number of unbranched alkanes of at least 4 members (excludes halogenated alkanes) is 6. The largest absolute Gasteiger partial charge is 0.377 e. The summed E-state index contributed by atoms with van der Waals surface area (Å²) in [5, 5.41) is 0. The zero-order chi connectivity index (χ0) is 17.3. The van der Waals surface area contributed by atoms with Crippen LogP contribution in [0.3, 0.4) is 0 Å². The minimum atomic E-state index is 0.0473. The summed E-state index contributed by atoms with van der Waals surface area (Å²) in [6.45, 7) is 13.3. The molecule has 2 heteroatoms. The lowest BCUT2D eigenvalue weighted by atomic mass is 9.76. The molecule has 0 aromatic carbocycles. The molecule has 0 radical (unpaired) electrons. The van der Waals surface area contributed by atoms with Gasteiger partial charge in [0.2, 0.25) is 0 Å². The first-order valence-electron chi connectivity index (χ1n) is 9.86. The first-order chi connectivity index (χ1) is 10.9. The molecule has 0 aromatic rings. The second-order valence-electron chi connectivity index (χ2n) is 8.36. The molecule has 23 heavy (non-hydrogen) atoms. The van der Waals surface area contributed by atoms with E-state index >= 15 is 0 Å². The molecule has 1 aliphatic heterocycles. The maximum atomic E-state index is 12.7. The van der Waals surface area contributed by atoms with Gasteiger partial charge in [0.05, 0.1) is 0 Å². The molecule has 0 saturated heterocycles. The van der Waals surface area contributed by atoms with Crippen molar-refractivity contribution in [3.63, 3.8) is 0 Å². The van der Waals surface area contributed by atoms with Gasteiger partial charge < -0.3 is 4.90 Å². The fourth-order valence-electron chi connectivity index (χ4n) is 3.42. The molecular weight excluding hydrogens is 282 g/mol. The van der Waals surface area contributed by atoms with E-state index in [4.69, 9.17) is 0 Å². The molecule has 0 fully saturated rings. The van der Waals surface area contributed by atoms with Gasteiger partial charge >= 0.3 is 0 Å². The Hall–Kier alpha value is -0.790. The van der Waals surface area contributed by atoms with Crippen LogP contribution in [0.5, 0.6) is 0 Å². The van der Waals surface area contributed by atoms with E-state index in [1.165, 1.54) is 38.5 Å². The average Bonchev–Trinajstić information content (AvgIpc) is 2.47. The van der Waals surface area contributed by atoms with E-state index in [0.717, 1.165) is 37.9 Å². The molecule has 1 aliphatic rings. The van der Waals surface area contributed by atoms with Crippen LogP contribution in [0.4, 0.5) is 0 Å². The van der Waals surface area contributed by atoms with E-state index in [1.54, 1.807) is 0 Å². The van der Waals surface area contributed by atoms with Crippen molar-refractivity contribution in [2.24, 2.45) is 11.3 Å². The van der Waals surface area contributed by atoms with Crippen LogP contribution >= 0.6 is 0 Å². The van der Waals surface area contributed by atoms with Gasteiger partial charge in [0, 0.05) is 31.3 Å². The molecule has 0 unspecified atom stereocenters. The van der Waals surface area contributed by atoms with Crippen LogP contribution in [-0.2, 0) is 4.79 Å². The smallest absolute Gasteiger partial charge is 0.160 e. The summed E-state index contributed by atoms with van der Waals surface area (Å²) in [5.74, 6) is 1.03. The molecule has 0 amide bonds. The van der Waals surface area contributed by atoms with Crippen molar-refractivity contribution in [3.8, 4) is 0 Å². The normalized spacial score (nSPS) is 17.5. The zero-order valence-corrected chi connectivity index (χ0v) is 16.3. The number of nitrogens with zero attached hydrogens (tertiary/aromatic N) is 1. The van der Waals surface area contributed by atoms with E-state index in [9.17, 15) is 4.79 Å². The summed E-state index contributed by atoms with van der Waals surface area (Å²) in [7, 11) is 0. The number of carbonyl (C=O) groups excluding carboxylic acids is 1. The fraction of sp³-hybridized carbons (Fsp3) is 0.857. The van der Waals surface area contributed by atoms with Crippen molar-refractivity contribution >= 4 is 5.78 Å². The van der Waals surface area contributed by atoms with Gasteiger partial charge in [0.25, 0.3) is 0 Å². The maximum Gasteiger partial charge on any atom is 0.160 e. The van der Waals surface area contributed by atoms with Crippen molar-refractivity contribution < 1.29 is 4.79 Å². The van der Waals surface area contributed by atoms with E-state index in [2.05, 4.69) is 45.7 Å². The van der Waals surface area contributed by atoms with Crippen LogP contribution in [0, 0.1) is 11.3 Å². The van der Waals surface area contributed by atoms with E-state index in [1.807, 2.05) is 0 Å². The molecule has 0 aliphatic carbocycles. The zero-order valence-electron chi connectivity index (χ0n) is 16.3. The Balaban J connectivity index is 2.43. The summed E-state index contributed by atoms with van der Waals surface area (Å²) < 4.78 is 0. The van der Waals surface area contributed by atoms with E-state index in [0.29, 0.717) is 11.7 Å². The highest BCUT2D eigenvalue weighted by atomic mass is 16.1. The summed E-state index contributed by atoms with van der Waals surface area (Å²) in [5.41, 5.74) is 1.11. The predicted molar refractivity (Wildman–Crippen MR) is 101 cm³/mol. The van der Waals surface area contributed by atoms with Crippen molar-refractivity contribution in [3.05, 3.63) is 11.8 Å². The van der Waals surface area contributed by atoms with Crippen molar-refractivity contribution in [2.75, 3.05) is 13.1 Å². The highest BCUT2D eigenvalue weighted by molar-refractivity contribution is 5.96. The van der Waals surface area contributed by atoms with Crippen LogP contribution in [0.25, 0.3) is 0 Å². The van der Waals surface area contributed by atoms with Gasteiger partial charge in [-0.25, -0.2) is 0 Å². The highest BCUT2D eigenvalue weighted by Gasteiger charge is 2.32. The number of ketones is 1. The summed E-state index contributed by atoms with van der Waals surface area (Å²) in [6, 6.07) is 0. The molecule has 1 rings (SSSR count). The quantitative estimate of drug-likeness (QED) is 0.437. The van der Waals surface area contributed by atoms with Gasteiger partial charge in [-0.05, 0) is 24.2 Å². The molecule has 0 N–H and O–H groups in total. The first kappa shape index (κ1) is 20.3. The van der Waals surface area contributed by atoms with Gasteiger partial charge in [-0.2, -0.15) is 0 Å². The second kappa shape index (κ2) is 10.2. The molecule has 0 saturated carbocycles. The lowest BCUT2D eigenvalue weighted by molar-refractivity contribution is -0.117. The summed E-state index contributed by atoms with van der Waals surface area (Å²) in [6.07, 6.45) is 12.9. The van der Waals surface area contributed by atoms with Crippen molar-refractivity contribution in [2.45, 2.75) is 92.4 Å². The average molecular weight is 322 g/mol. The van der Waals surface area contributed by atoms with Crippen molar-refractivity contribution in [1.29, 1.82) is 0 Å². The third kappa shape index (κ3) is 7.54. The minimum Gasteiger partial charge on any atom is -0.377 e. The monoisotopic (exact) mass is 321 g/mol. The Bertz CT molecular complexity index is 381. The third-order valence-corrected chi connectivity index (χ3v) is 4.97. The Labute approximate surface area is 144 Å². The van der Waals surface area contributed by atoms with E-state index < -0.39 is 0 Å². The van der Waals surface area contributed by atoms with Crippen LogP contribution in [0.2, 0.25) is 0 Å². The van der Waals surface area contributed by atoms with Gasteiger partial charge in [-0.1, -0.05) is 73.1 Å². The van der Waals surface area contributed by atoms with Crippen molar-refractivity contribution in [1.82, 2.24) is 4.90 Å². The predicted octanol–water partition coefficient (Wildman–Crippen LogP) is 5.97. The number of Topliss-reactive ketones (excluding diaryl/α,β-unsaturated/α-hetero) is 1. The number of rotatable bonds is 11. The molecule has 0 aromatic heterocycles. The maximum absolute atomic E-state index is 12.7. The van der Waals surface area contributed by atoms with Gasteiger partial charge in [0.1, 0.15) is 0 Å². The summed E-state index contributed by atoms with van der Waals surface area (Å²) in [4.78, 5) is 15.0. The number of hydrogen-bond acceptors (Lipinski definition) is 2. The van der Waals surface area contributed by atoms with Gasteiger partial charge in [-0.15, -0.1) is 0 Å². The molecule has 1 heterocycles. The SMILES string of the molecule is CCCCCCCCCC(=O)C1=CN(CC(C)C)CCC1(C)C. The molecule has 134 valence electrons.